The summed E-state index contributed by atoms with van der Waals surface area (Å²) in [5.74, 6) is -0.0563. The molecule has 5 nitrogen and oxygen atoms in total. The number of ether oxygens (including phenoxy) is 1. The van der Waals surface area contributed by atoms with Gasteiger partial charge in [0.25, 0.3) is 11.8 Å². The second kappa shape index (κ2) is 5.44. The average molecular weight is 294 g/mol. The molecule has 1 heterocycles. The lowest BCUT2D eigenvalue weighted by Crippen LogP contribution is -2.25. The normalized spacial score (nSPS) is 14.3. The van der Waals surface area contributed by atoms with Crippen molar-refractivity contribution in [2.45, 2.75) is 6.92 Å². The number of methoxy groups -OCH3 is 1. The molecule has 0 spiro atoms. The number of fused-ring (bicyclic) bond motifs is 1. The van der Waals surface area contributed by atoms with Crippen LogP contribution in [0.4, 0.5) is 0 Å². The fraction of sp³-hybridized carbons (Fsp3) is 0.118. The highest BCUT2D eigenvalue weighted by atomic mass is 16.5. The number of benzene rings is 2. The Bertz CT molecular complexity index is 744. The van der Waals surface area contributed by atoms with Gasteiger partial charge in [0.1, 0.15) is 5.75 Å². The second-order valence-corrected chi connectivity index (χ2v) is 4.88. The lowest BCUT2D eigenvalue weighted by Gasteiger charge is -2.09. The largest absolute Gasteiger partial charge is 0.497 e. The van der Waals surface area contributed by atoms with Gasteiger partial charge >= 0.3 is 0 Å². The van der Waals surface area contributed by atoms with Crippen LogP contribution in [0.5, 0.6) is 5.75 Å². The molecule has 2 aromatic carbocycles. The fourth-order valence-corrected chi connectivity index (χ4v) is 2.31. The van der Waals surface area contributed by atoms with E-state index < -0.39 is 11.8 Å². The predicted molar refractivity (Wildman–Crippen MR) is 82.1 cm³/mol. The summed E-state index contributed by atoms with van der Waals surface area (Å²) in [4.78, 5) is 24.5. The Kier molecular flexibility index (Phi) is 3.47. The molecule has 2 aromatic rings. The average Bonchev–Trinajstić information content (AvgIpc) is 2.80. The summed E-state index contributed by atoms with van der Waals surface area (Å²) in [6, 6.07) is 14.0. The molecule has 1 aliphatic rings. The van der Waals surface area contributed by atoms with Gasteiger partial charge in [-0.1, -0.05) is 12.1 Å². The molecule has 22 heavy (non-hydrogen) atoms. The standard InChI is InChI=1S/C17H14N2O3/c1-11(12-7-9-13(22-2)10-8-12)18-19-16(20)14-5-3-4-6-15(14)17(19)21/h3-10H,1-2H3/b18-11-. The van der Waals surface area contributed by atoms with Gasteiger partial charge in [0, 0.05) is 0 Å². The van der Waals surface area contributed by atoms with Gasteiger partial charge < -0.3 is 4.74 Å². The second-order valence-electron chi connectivity index (χ2n) is 4.88. The number of rotatable bonds is 3. The summed E-state index contributed by atoms with van der Waals surface area (Å²) in [5.41, 5.74) is 2.17. The number of nitrogens with zero attached hydrogens (tertiary/aromatic N) is 2. The van der Waals surface area contributed by atoms with Gasteiger partial charge in [-0.25, -0.2) is 0 Å². The van der Waals surface area contributed by atoms with Gasteiger partial charge in [-0.05, 0) is 48.9 Å². The van der Waals surface area contributed by atoms with Crippen LogP contribution in [0.1, 0.15) is 33.2 Å². The van der Waals surface area contributed by atoms with Crippen LogP contribution >= 0.6 is 0 Å². The summed E-state index contributed by atoms with van der Waals surface area (Å²) >= 11 is 0. The number of hydrogen-bond donors (Lipinski definition) is 0. The monoisotopic (exact) mass is 294 g/mol. The van der Waals surface area contributed by atoms with Crippen LogP contribution < -0.4 is 4.74 Å². The Morgan fingerprint density at radius 3 is 2.00 bits per heavy atom. The fourth-order valence-electron chi connectivity index (χ4n) is 2.31. The minimum atomic E-state index is -0.395. The summed E-state index contributed by atoms with van der Waals surface area (Å²) in [5, 5.41) is 5.11. The number of imide groups is 1. The van der Waals surface area contributed by atoms with Crippen molar-refractivity contribution in [1.29, 1.82) is 0 Å². The lowest BCUT2D eigenvalue weighted by molar-refractivity contribution is 0.0659. The van der Waals surface area contributed by atoms with Crippen molar-refractivity contribution in [2.75, 3.05) is 7.11 Å². The van der Waals surface area contributed by atoms with Crippen molar-refractivity contribution in [1.82, 2.24) is 5.01 Å². The van der Waals surface area contributed by atoms with Crippen LogP contribution in [-0.4, -0.2) is 29.6 Å². The summed E-state index contributed by atoms with van der Waals surface area (Å²) in [6.07, 6.45) is 0. The molecule has 0 atom stereocenters. The summed E-state index contributed by atoms with van der Waals surface area (Å²) in [6.45, 7) is 1.76. The number of amides is 2. The third kappa shape index (κ3) is 2.26. The zero-order chi connectivity index (χ0) is 15.7. The zero-order valence-corrected chi connectivity index (χ0v) is 12.2. The summed E-state index contributed by atoms with van der Waals surface area (Å²) < 4.78 is 5.10. The number of carbonyl (C=O) groups excluding carboxylic acids is 2. The van der Waals surface area contributed by atoms with Crippen molar-refractivity contribution in [3.05, 3.63) is 65.2 Å². The van der Waals surface area contributed by atoms with E-state index in [2.05, 4.69) is 5.10 Å². The van der Waals surface area contributed by atoms with Crippen LogP contribution in [0, 0.1) is 0 Å². The zero-order valence-electron chi connectivity index (χ0n) is 12.2. The Morgan fingerprint density at radius 2 is 1.50 bits per heavy atom. The molecule has 0 bridgehead atoms. The van der Waals surface area contributed by atoms with Gasteiger partial charge in [0.2, 0.25) is 0 Å². The maximum atomic E-state index is 12.3. The molecule has 0 aromatic heterocycles. The van der Waals surface area contributed by atoms with Crippen molar-refractivity contribution in [3.8, 4) is 5.75 Å². The molecule has 5 heteroatoms. The van der Waals surface area contributed by atoms with Crippen molar-refractivity contribution >= 4 is 17.5 Å². The smallest absolute Gasteiger partial charge is 0.282 e. The van der Waals surface area contributed by atoms with Crippen molar-refractivity contribution in [2.24, 2.45) is 5.10 Å². The highest BCUT2D eigenvalue weighted by Gasteiger charge is 2.35. The molecule has 0 radical (unpaired) electrons. The highest BCUT2D eigenvalue weighted by Crippen LogP contribution is 2.23. The topological polar surface area (TPSA) is 59.0 Å². The van der Waals surface area contributed by atoms with Crippen LogP contribution in [0.15, 0.2) is 53.6 Å². The van der Waals surface area contributed by atoms with Gasteiger partial charge in [0.15, 0.2) is 0 Å². The Morgan fingerprint density at radius 1 is 0.955 bits per heavy atom. The minimum absolute atomic E-state index is 0.388. The quantitative estimate of drug-likeness (QED) is 0.646. The molecule has 0 saturated carbocycles. The first-order chi connectivity index (χ1) is 10.6. The molecule has 0 saturated heterocycles. The van der Waals surface area contributed by atoms with Gasteiger partial charge in [-0.3, -0.25) is 9.59 Å². The maximum Gasteiger partial charge on any atom is 0.282 e. The Balaban J connectivity index is 1.92. The van der Waals surface area contributed by atoms with E-state index in [-0.39, 0.29) is 0 Å². The predicted octanol–water partition coefficient (Wildman–Crippen LogP) is 2.72. The van der Waals surface area contributed by atoms with Crippen molar-refractivity contribution < 1.29 is 14.3 Å². The van der Waals surface area contributed by atoms with E-state index in [0.29, 0.717) is 16.8 Å². The highest BCUT2D eigenvalue weighted by molar-refractivity contribution is 6.21. The van der Waals surface area contributed by atoms with Crippen LogP contribution in [0.2, 0.25) is 0 Å². The third-order valence-corrected chi connectivity index (χ3v) is 3.53. The third-order valence-electron chi connectivity index (χ3n) is 3.53. The molecule has 2 amide bonds. The molecule has 1 aliphatic heterocycles. The molecule has 110 valence electrons. The maximum absolute atomic E-state index is 12.3. The SMILES string of the molecule is COc1ccc(/C(C)=N\N2C(=O)c3ccccc3C2=O)cc1. The van der Waals surface area contributed by atoms with Gasteiger partial charge in [-0.15, -0.1) is 0 Å². The number of carbonyl (C=O) groups is 2. The van der Waals surface area contributed by atoms with E-state index in [1.165, 1.54) is 0 Å². The van der Waals surface area contributed by atoms with Gasteiger partial charge in [-0.2, -0.15) is 10.1 Å². The first-order valence-corrected chi connectivity index (χ1v) is 6.79. The van der Waals surface area contributed by atoms with E-state index >= 15 is 0 Å². The number of hydrazone groups is 1. The molecule has 0 fully saturated rings. The van der Waals surface area contributed by atoms with E-state index in [1.807, 2.05) is 12.1 Å². The summed E-state index contributed by atoms with van der Waals surface area (Å²) in [7, 11) is 1.59. The van der Waals surface area contributed by atoms with Crippen LogP contribution in [0.25, 0.3) is 0 Å². The van der Waals surface area contributed by atoms with E-state index in [4.69, 9.17) is 4.74 Å². The molecule has 0 N–H and O–H groups in total. The lowest BCUT2D eigenvalue weighted by atomic mass is 10.1. The van der Waals surface area contributed by atoms with E-state index in [9.17, 15) is 9.59 Å². The van der Waals surface area contributed by atoms with E-state index in [0.717, 1.165) is 16.3 Å². The number of hydrogen-bond acceptors (Lipinski definition) is 4. The van der Waals surface area contributed by atoms with E-state index in [1.54, 1.807) is 50.4 Å². The van der Waals surface area contributed by atoms with Gasteiger partial charge in [0.05, 0.1) is 23.9 Å². The first kappa shape index (κ1) is 14.0. The first-order valence-electron chi connectivity index (χ1n) is 6.79. The molecule has 0 unspecified atom stereocenters. The molecular weight excluding hydrogens is 280 g/mol. The Labute approximate surface area is 127 Å². The van der Waals surface area contributed by atoms with Crippen LogP contribution in [-0.2, 0) is 0 Å². The minimum Gasteiger partial charge on any atom is -0.497 e. The Hall–Kier alpha value is -2.95. The van der Waals surface area contributed by atoms with Crippen molar-refractivity contribution in [3.63, 3.8) is 0 Å². The molecule has 0 aliphatic carbocycles. The molecule has 3 rings (SSSR count). The van der Waals surface area contributed by atoms with Crippen LogP contribution in [0.3, 0.4) is 0 Å². The molecular formula is C17H14N2O3.